The van der Waals surface area contributed by atoms with Crippen LogP contribution in [0.15, 0.2) is 28.7 Å². The minimum Gasteiger partial charge on any atom is -0.493 e. The van der Waals surface area contributed by atoms with Gasteiger partial charge in [0.2, 0.25) is 0 Å². The number of hydrogen-bond acceptors (Lipinski definition) is 2. The molecule has 0 fully saturated rings. The first-order valence-electron chi connectivity index (χ1n) is 4.27. The van der Waals surface area contributed by atoms with Gasteiger partial charge in [-0.25, -0.2) is 0 Å². The number of rotatable bonds is 4. The summed E-state index contributed by atoms with van der Waals surface area (Å²) in [5.74, 6) is 0.923. The molecule has 2 nitrogen and oxygen atoms in total. The summed E-state index contributed by atoms with van der Waals surface area (Å²) in [6.07, 6.45) is 0. The minimum atomic E-state index is 0.101. The van der Waals surface area contributed by atoms with Crippen molar-refractivity contribution in [1.82, 2.24) is 0 Å². The SMILES string of the molecule is CC(COc1cccc(Br)c1)C(N)=S. The standard InChI is InChI=1S/C10H12BrNOS/c1-7(10(12)14)6-13-9-4-2-3-8(11)5-9/h2-5,7H,6H2,1H3,(H2,12,14). The Morgan fingerprint density at radius 1 is 1.64 bits per heavy atom. The summed E-state index contributed by atoms with van der Waals surface area (Å²) in [7, 11) is 0. The Balaban J connectivity index is 2.49. The molecule has 0 saturated carbocycles. The maximum atomic E-state index is 5.51. The van der Waals surface area contributed by atoms with E-state index in [4.69, 9.17) is 22.7 Å². The number of thiocarbonyl (C=S) groups is 1. The number of nitrogens with two attached hydrogens (primary N) is 1. The van der Waals surface area contributed by atoms with Gasteiger partial charge in [-0.15, -0.1) is 0 Å². The monoisotopic (exact) mass is 273 g/mol. The molecule has 1 aromatic carbocycles. The lowest BCUT2D eigenvalue weighted by atomic mass is 10.2. The molecule has 1 unspecified atom stereocenters. The highest BCUT2D eigenvalue weighted by molar-refractivity contribution is 9.10. The number of benzene rings is 1. The van der Waals surface area contributed by atoms with Crippen LogP contribution in [0.5, 0.6) is 5.75 Å². The van der Waals surface area contributed by atoms with Crippen molar-refractivity contribution in [3.05, 3.63) is 28.7 Å². The molecule has 0 bridgehead atoms. The lowest BCUT2D eigenvalue weighted by molar-refractivity contribution is 0.293. The summed E-state index contributed by atoms with van der Waals surface area (Å²) in [6, 6.07) is 7.68. The maximum Gasteiger partial charge on any atom is 0.120 e. The molecule has 1 rings (SSSR count). The first-order valence-corrected chi connectivity index (χ1v) is 5.47. The molecule has 0 aliphatic heterocycles. The zero-order valence-corrected chi connectivity index (χ0v) is 10.3. The lowest BCUT2D eigenvalue weighted by Crippen LogP contribution is -2.23. The van der Waals surface area contributed by atoms with Gasteiger partial charge in [-0.05, 0) is 18.2 Å². The number of hydrogen-bond donors (Lipinski definition) is 1. The second kappa shape index (κ2) is 5.32. The quantitative estimate of drug-likeness (QED) is 0.857. The van der Waals surface area contributed by atoms with E-state index in [-0.39, 0.29) is 5.92 Å². The normalized spacial score (nSPS) is 12.1. The van der Waals surface area contributed by atoms with Crippen molar-refractivity contribution in [2.24, 2.45) is 11.7 Å². The summed E-state index contributed by atoms with van der Waals surface area (Å²) in [5, 5.41) is 0. The Labute approximate surface area is 97.6 Å². The largest absolute Gasteiger partial charge is 0.493 e. The van der Waals surface area contributed by atoms with Crippen molar-refractivity contribution >= 4 is 33.1 Å². The molecule has 0 saturated heterocycles. The summed E-state index contributed by atoms with van der Waals surface area (Å²) >= 11 is 8.22. The third-order valence-corrected chi connectivity index (χ3v) is 2.68. The number of halogens is 1. The Morgan fingerprint density at radius 2 is 2.36 bits per heavy atom. The molecular formula is C10H12BrNOS. The average molecular weight is 274 g/mol. The third kappa shape index (κ3) is 3.64. The fraction of sp³-hybridized carbons (Fsp3) is 0.300. The van der Waals surface area contributed by atoms with Crippen LogP contribution in [-0.4, -0.2) is 11.6 Å². The van der Waals surface area contributed by atoms with Crippen molar-refractivity contribution in [3.63, 3.8) is 0 Å². The zero-order chi connectivity index (χ0) is 10.6. The third-order valence-electron chi connectivity index (χ3n) is 1.78. The van der Waals surface area contributed by atoms with Crippen LogP contribution >= 0.6 is 28.1 Å². The van der Waals surface area contributed by atoms with Gasteiger partial charge in [0.15, 0.2) is 0 Å². The van der Waals surface area contributed by atoms with E-state index >= 15 is 0 Å². The molecule has 2 N–H and O–H groups in total. The molecule has 0 amide bonds. The van der Waals surface area contributed by atoms with E-state index in [0.717, 1.165) is 10.2 Å². The highest BCUT2D eigenvalue weighted by Gasteiger charge is 2.05. The highest BCUT2D eigenvalue weighted by atomic mass is 79.9. The van der Waals surface area contributed by atoms with Gasteiger partial charge in [0.25, 0.3) is 0 Å². The van der Waals surface area contributed by atoms with E-state index in [1.54, 1.807) is 0 Å². The van der Waals surface area contributed by atoms with Gasteiger partial charge in [0.05, 0.1) is 11.6 Å². The Kier molecular flexibility index (Phi) is 4.35. The Bertz CT molecular complexity index is 330. The second-order valence-electron chi connectivity index (χ2n) is 3.07. The fourth-order valence-corrected chi connectivity index (χ4v) is 1.31. The van der Waals surface area contributed by atoms with Crippen LogP contribution in [0.1, 0.15) is 6.92 Å². The Morgan fingerprint density at radius 3 is 2.93 bits per heavy atom. The highest BCUT2D eigenvalue weighted by Crippen LogP contribution is 2.18. The van der Waals surface area contributed by atoms with Gasteiger partial charge in [-0.3, -0.25) is 0 Å². The predicted molar refractivity (Wildman–Crippen MR) is 65.6 cm³/mol. The molecule has 0 aliphatic rings. The van der Waals surface area contributed by atoms with Crippen molar-refractivity contribution in [2.45, 2.75) is 6.92 Å². The molecule has 0 heterocycles. The second-order valence-corrected chi connectivity index (χ2v) is 4.46. The molecule has 76 valence electrons. The van der Waals surface area contributed by atoms with E-state index in [9.17, 15) is 0 Å². The number of ether oxygens (including phenoxy) is 1. The van der Waals surface area contributed by atoms with E-state index < -0.39 is 0 Å². The van der Waals surface area contributed by atoms with E-state index in [1.807, 2.05) is 31.2 Å². The topological polar surface area (TPSA) is 35.2 Å². The summed E-state index contributed by atoms with van der Waals surface area (Å²) in [6.45, 7) is 2.46. The van der Waals surface area contributed by atoms with Crippen molar-refractivity contribution in [1.29, 1.82) is 0 Å². The van der Waals surface area contributed by atoms with Crippen LogP contribution in [0.25, 0.3) is 0 Å². The van der Waals surface area contributed by atoms with Gasteiger partial charge < -0.3 is 10.5 Å². The van der Waals surface area contributed by atoms with E-state index in [0.29, 0.717) is 11.6 Å². The van der Waals surface area contributed by atoms with Crippen LogP contribution < -0.4 is 10.5 Å². The van der Waals surface area contributed by atoms with Crippen LogP contribution in [0.4, 0.5) is 0 Å². The van der Waals surface area contributed by atoms with Crippen LogP contribution in [0.2, 0.25) is 0 Å². The van der Waals surface area contributed by atoms with Gasteiger partial charge >= 0.3 is 0 Å². The molecule has 0 radical (unpaired) electrons. The van der Waals surface area contributed by atoms with Crippen molar-refractivity contribution < 1.29 is 4.74 Å². The molecule has 0 aliphatic carbocycles. The predicted octanol–water partition coefficient (Wildman–Crippen LogP) is 2.75. The van der Waals surface area contributed by atoms with Crippen molar-refractivity contribution in [3.8, 4) is 5.75 Å². The van der Waals surface area contributed by atoms with Gasteiger partial charge in [0.1, 0.15) is 5.75 Å². The summed E-state index contributed by atoms with van der Waals surface area (Å²) < 4.78 is 6.51. The lowest BCUT2D eigenvalue weighted by Gasteiger charge is -2.11. The van der Waals surface area contributed by atoms with Crippen LogP contribution in [0.3, 0.4) is 0 Å². The first kappa shape index (κ1) is 11.5. The molecule has 4 heteroatoms. The zero-order valence-electron chi connectivity index (χ0n) is 7.87. The van der Waals surface area contributed by atoms with Crippen molar-refractivity contribution in [2.75, 3.05) is 6.61 Å². The van der Waals surface area contributed by atoms with Gasteiger partial charge in [0, 0.05) is 10.4 Å². The van der Waals surface area contributed by atoms with Gasteiger partial charge in [-0.1, -0.05) is 41.1 Å². The minimum absolute atomic E-state index is 0.101. The van der Waals surface area contributed by atoms with Crippen LogP contribution in [0, 0.1) is 5.92 Å². The fourth-order valence-electron chi connectivity index (χ4n) is 0.860. The molecule has 1 atom stereocenters. The van der Waals surface area contributed by atoms with Gasteiger partial charge in [-0.2, -0.15) is 0 Å². The molecule has 0 aromatic heterocycles. The Hall–Kier alpha value is -0.610. The first-order chi connectivity index (χ1) is 6.59. The molecule has 1 aromatic rings. The van der Waals surface area contributed by atoms with E-state index in [2.05, 4.69) is 15.9 Å². The average Bonchev–Trinajstić information content (AvgIpc) is 2.14. The molecule has 14 heavy (non-hydrogen) atoms. The molecular weight excluding hydrogens is 262 g/mol. The van der Waals surface area contributed by atoms with E-state index in [1.165, 1.54) is 0 Å². The molecule has 0 spiro atoms. The summed E-state index contributed by atoms with van der Waals surface area (Å²) in [4.78, 5) is 0.486. The maximum absolute atomic E-state index is 5.51. The smallest absolute Gasteiger partial charge is 0.120 e. The van der Waals surface area contributed by atoms with Crippen LogP contribution in [-0.2, 0) is 0 Å². The summed E-state index contributed by atoms with van der Waals surface area (Å²) in [5.41, 5.74) is 5.47.